The van der Waals surface area contributed by atoms with Crippen molar-refractivity contribution in [2.45, 2.75) is 12.2 Å². The first-order chi connectivity index (χ1) is 8.38. The quantitative estimate of drug-likeness (QED) is 0.863. The van der Waals surface area contributed by atoms with Crippen molar-refractivity contribution >= 4 is 29.3 Å². The van der Waals surface area contributed by atoms with Crippen LogP contribution in [0.5, 0.6) is 0 Å². The van der Waals surface area contributed by atoms with Gasteiger partial charge in [0.2, 0.25) is 5.91 Å². The number of nitrogens with one attached hydrogen (secondary N) is 1. The van der Waals surface area contributed by atoms with Gasteiger partial charge in [-0.1, -0.05) is 0 Å². The highest BCUT2D eigenvalue weighted by Gasteiger charge is 2.13. The van der Waals surface area contributed by atoms with E-state index >= 15 is 0 Å². The first kappa shape index (κ1) is 14.4. The lowest BCUT2D eigenvalue weighted by Crippen LogP contribution is -2.19. The third kappa shape index (κ3) is 4.70. The molecule has 0 fully saturated rings. The van der Waals surface area contributed by atoms with Crippen LogP contribution in [0.2, 0.25) is 0 Å². The molecule has 0 heterocycles. The molecule has 1 amide bonds. The van der Waals surface area contributed by atoms with Gasteiger partial charge < -0.3 is 10.4 Å². The molecule has 0 saturated carbocycles. The second-order valence-corrected chi connectivity index (χ2v) is 4.83. The second kappa shape index (κ2) is 6.34. The Balaban J connectivity index is 2.52. The molecule has 1 aromatic rings. The van der Waals surface area contributed by atoms with Crippen LogP contribution in [0.3, 0.4) is 0 Å². The molecule has 18 heavy (non-hydrogen) atoms. The van der Waals surface area contributed by atoms with E-state index in [2.05, 4.69) is 5.32 Å². The van der Waals surface area contributed by atoms with E-state index in [0.717, 1.165) is 23.9 Å². The number of hydrogen-bond acceptors (Lipinski definition) is 3. The lowest BCUT2D eigenvalue weighted by molar-refractivity contribution is -0.136. The SMILES string of the molecule is CC(SCC(=O)Nc1cc(F)cc(F)c1)C(=O)O. The number of carbonyl (C=O) groups is 2. The lowest BCUT2D eigenvalue weighted by Gasteiger charge is -2.07. The molecule has 0 spiro atoms. The Morgan fingerprint density at radius 1 is 1.33 bits per heavy atom. The molecule has 0 aromatic heterocycles. The van der Waals surface area contributed by atoms with Gasteiger partial charge in [0, 0.05) is 11.8 Å². The van der Waals surface area contributed by atoms with Gasteiger partial charge in [0.25, 0.3) is 0 Å². The van der Waals surface area contributed by atoms with Crippen molar-refractivity contribution in [3.05, 3.63) is 29.8 Å². The molecular formula is C11H11F2NO3S. The number of benzene rings is 1. The summed E-state index contributed by atoms with van der Waals surface area (Å²) >= 11 is 0.921. The highest BCUT2D eigenvalue weighted by Crippen LogP contribution is 2.15. The van der Waals surface area contributed by atoms with Crippen molar-refractivity contribution < 1.29 is 23.5 Å². The lowest BCUT2D eigenvalue weighted by atomic mass is 10.3. The molecular weight excluding hydrogens is 264 g/mol. The number of carbonyl (C=O) groups excluding carboxylic acids is 1. The van der Waals surface area contributed by atoms with E-state index in [-0.39, 0.29) is 11.4 Å². The van der Waals surface area contributed by atoms with E-state index in [1.54, 1.807) is 0 Å². The Bertz CT molecular complexity index is 447. The van der Waals surface area contributed by atoms with Crippen molar-refractivity contribution in [2.75, 3.05) is 11.1 Å². The van der Waals surface area contributed by atoms with E-state index in [4.69, 9.17) is 5.11 Å². The molecule has 7 heteroatoms. The average molecular weight is 275 g/mol. The molecule has 0 bridgehead atoms. The summed E-state index contributed by atoms with van der Waals surface area (Å²) in [5, 5.41) is 10.2. The molecule has 1 rings (SSSR count). The molecule has 0 saturated heterocycles. The first-order valence-corrected chi connectivity index (χ1v) is 6.03. The maximum Gasteiger partial charge on any atom is 0.316 e. The van der Waals surface area contributed by atoms with Crippen LogP contribution < -0.4 is 5.32 Å². The minimum Gasteiger partial charge on any atom is -0.480 e. The van der Waals surface area contributed by atoms with Gasteiger partial charge in [0.15, 0.2) is 0 Å². The molecule has 2 N–H and O–H groups in total. The molecule has 0 aliphatic carbocycles. The highest BCUT2D eigenvalue weighted by atomic mass is 32.2. The molecule has 1 atom stereocenters. The van der Waals surface area contributed by atoms with Crippen LogP contribution in [0, 0.1) is 11.6 Å². The van der Waals surface area contributed by atoms with Gasteiger partial charge in [-0.25, -0.2) is 8.78 Å². The fourth-order valence-electron chi connectivity index (χ4n) is 1.10. The third-order valence-corrected chi connectivity index (χ3v) is 3.09. The predicted molar refractivity (Wildman–Crippen MR) is 64.5 cm³/mol. The van der Waals surface area contributed by atoms with Gasteiger partial charge in [0.1, 0.15) is 11.6 Å². The van der Waals surface area contributed by atoms with E-state index < -0.39 is 28.8 Å². The number of amides is 1. The summed E-state index contributed by atoms with van der Waals surface area (Å²) in [7, 11) is 0. The first-order valence-electron chi connectivity index (χ1n) is 4.99. The summed E-state index contributed by atoms with van der Waals surface area (Å²) in [6.07, 6.45) is 0. The summed E-state index contributed by atoms with van der Waals surface area (Å²) in [4.78, 5) is 21.9. The zero-order valence-electron chi connectivity index (χ0n) is 9.44. The number of carboxylic acid groups (broad SMARTS) is 1. The van der Waals surface area contributed by atoms with Gasteiger partial charge in [-0.2, -0.15) is 0 Å². The molecule has 4 nitrogen and oxygen atoms in total. The van der Waals surface area contributed by atoms with Gasteiger partial charge in [-0.15, -0.1) is 11.8 Å². The van der Waals surface area contributed by atoms with Crippen LogP contribution in [-0.2, 0) is 9.59 Å². The Hall–Kier alpha value is -1.63. The number of anilines is 1. The zero-order chi connectivity index (χ0) is 13.7. The van der Waals surface area contributed by atoms with Crippen LogP contribution in [0.15, 0.2) is 18.2 Å². The van der Waals surface area contributed by atoms with E-state index in [1.807, 2.05) is 0 Å². The number of thioether (sulfide) groups is 1. The van der Waals surface area contributed by atoms with Gasteiger partial charge in [-0.05, 0) is 19.1 Å². The maximum atomic E-state index is 12.8. The molecule has 0 aliphatic rings. The third-order valence-electron chi connectivity index (χ3n) is 1.96. The van der Waals surface area contributed by atoms with Crippen LogP contribution in [0.4, 0.5) is 14.5 Å². The summed E-state index contributed by atoms with van der Waals surface area (Å²) < 4.78 is 25.6. The van der Waals surface area contributed by atoms with Crippen molar-refractivity contribution in [1.29, 1.82) is 0 Å². The summed E-state index contributed by atoms with van der Waals surface area (Å²) in [6, 6.07) is 2.65. The minimum absolute atomic E-state index is 0.000998. The second-order valence-electron chi connectivity index (χ2n) is 3.50. The van der Waals surface area contributed by atoms with Crippen LogP contribution >= 0.6 is 11.8 Å². The molecule has 0 aliphatic heterocycles. The predicted octanol–water partition coefficient (Wildman–Crippen LogP) is 2.11. The van der Waals surface area contributed by atoms with E-state index in [9.17, 15) is 18.4 Å². The fourth-order valence-corrected chi connectivity index (χ4v) is 1.71. The fraction of sp³-hybridized carbons (Fsp3) is 0.273. The number of hydrogen-bond donors (Lipinski definition) is 2. The topological polar surface area (TPSA) is 66.4 Å². The van der Waals surface area contributed by atoms with Crippen molar-refractivity contribution in [2.24, 2.45) is 0 Å². The largest absolute Gasteiger partial charge is 0.480 e. The summed E-state index contributed by atoms with van der Waals surface area (Å²) in [5.41, 5.74) is 0.000998. The molecule has 1 unspecified atom stereocenters. The van der Waals surface area contributed by atoms with Crippen molar-refractivity contribution in [3.8, 4) is 0 Å². The number of halogens is 2. The van der Waals surface area contributed by atoms with Crippen molar-refractivity contribution in [1.82, 2.24) is 0 Å². The Morgan fingerprint density at radius 3 is 2.39 bits per heavy atom. The normalized spacial score (nSPS) is 11.9. The zero-order valence-corrected chi connectivity index (χ0v) is 10.3. The molecule has 1 aromatic carbocycles. The molecule has 0 radical (unpaired) electrons. The maximum absolute atomic E-state index is 12.8. The number of aliphatic carboxylic acids is 1. The summed E-state index contributed by atoms with van der Waals surface area (Å²) in [6.45, 7) is 1.45. The number of rotatable bonds is 5. The van der Waals surface area contributed by atoms with Gasteiger partial charge in [-0.3, -0.25) is 9.59 Å². The van der Waals surface area contributed by atoms with Gasteiger partial charge >= 0.3 is 5.97 Å². The van der Waals surface area contributed by atoms with Crippen LogP contribution in [0.25, 0.3) is 0 Å². The van der Waals surface area contributed by atoms with E-state index in [1.165, 1.54) is 6.92 Å². The average Bonchev–Trinajstić information content (AvgIpc) is 2.24. The van der Waals surface area contributed by atoms with Crippen LogP contribution in [-0.4, -0.2) is 28.0 Å². The smallest absolute Gasteiger partial charge is 0.316 e. The monoisotopic (exact) mass is 275 g/mol. The van der Waals surface area contributed by atoms with Crippen LogP contribution in [0.1, 0.15) is 6.92 Å². The Kier molecular flexibility index (Phi) is 5.08. The Morgan fingerprint density at radius 2 is 1.89 bits per heavy atom. The van der Waals surface area contributed by atoms with Gasteiger partial charge in [0.05, 0.1) is 11.0 Å². The van der Waals surface area contributed by atoms with E-state index in [0.29, 0.717) is 6.07 Å². The Labute approximate surface area is 106 Å². The standard InChI is InChI=1S/C11H11F2NO3S/c1-6(11(16)17)18-5-10(15)14-9-3-7(12)2-8(13)4-9/h2-4,6H,5H2,1H3,(H,14,15)(H,16,17). The number of carboxylic acids is 1. The highest BCUT2D eigenvalue weighted by molar-refractivity contribution is 8.01. The van der Waals surface area contributed by atoms with Crippen molar-refractivity contribution in [3.63, 3.8) is 0 Å². The minimum atomic E-state index is -1.02. The summed E-state index contributed by atoms with van der Waals surface area (Å²) in [5.74, 6) is -3.23. The molecule has 98 valence electrons.